The van der Waals surface area contributed by atoms with Crippen LogP contribution in [-0.2, 0) is 17.6 Å². The highest BCUT2D eigenvalue weighted by atomic mass is 16.1. The fourth-order valence-electron chi connectivity index (χ4n) is 2.92. The van der Waals surface area contributed by atoms with E-state index in [2.05, 4.69) is 46.7 Å². The first-order chi connectivity index (χ1) is 11.3. The standard InChI is InChI=1S/C19H31N3O/c1-2-3-5-17-6-8-18(9-7-17)16-19(23)21-10-4-13-22-14-11-20-12-15-22/h6-9,20H,2-5,10-16H2,1H3,(H,21,23). The second-order valence-electron chi connectivity index (χ2n) is 6.39. The van der Waals surface area contributed by atoms with Gasteiger partial charge in [-0.25, -0.2) is 0 Å². The molecule has 128 valence electrons. The Labute approximate surface area is 140 Å². The zero-order chi connectivity index (χ0) is 16.3. The Balaban J connectivity index is 1.60. The fourth-order valence-corrected chi connectivity index (χ4v) is 2.92. The summed E-state index contributed by atoms with van der Waals surface area (Å²) in [7, 11) is 0. The van der Waals surface area contributed by atoms with E-state index in [1.807, 2.05) is 0 Å². The lowest BCUT2D eigenvalue weighted by molar-refractivity contribution is -0.120. The van der Waals surface area contributed by atoms with Crippen LogP contribution < -0.4 is 10.6 Å². The third-order valence-electron chi connectivity index (χ3n) is 4.39. The lowest BCUT2D eigenvalue weighted by Gasteiger charge is -2.27. The summed E-state index contributed by atoms with van der Waals surface area (Å²) in [6.07, 6.45) is 5.10. The van der Waals surface area contributed by atoms with Gasteiger partial charge in [-0.1, -0.05) is 37.6 Å². The van der Waals surface area contributed by atoms with E-state index in [0.29, 0.717) is 6.42 Å². The molecule has 1 aliphatic rings. The summed E-state index contributed by atoms with van der Waals surface area (Å²) < 4.78 is 0. The van der Waals surface area contributed by atoms with Crippen molar-refractivity contribution in [3.63, 3.8) is 0 Å². The molecule has 0 bridgehead atoms. The van der Waals surface area contributed by atoms with E-state index in [4.69, 9.17) is 0 Å². The Morgan fingerprint density at radius 1 is 1.13 bits per heavy atom. The van der Waals surface area contributed by atoms with Gasteiger partial charge in [0.1, 0.15) is 0 Å². The van der Waals surface area contributed by atoms with E-state index < -0.39 is 0 Å². The lowest BCUT2D eigenvalue weighted by Crippen LogP contribution is -2.44. The number of unbranched alkanes of at least 4 members (excludes halogenated alkanes) is 1. The summed E-state index contributed by atoms with van der Waals surface area (Å²) in [4.78, 5) is 14.4. The highest BCUT2D eigenvalue weighted by molar-refractivity contribution is 5.78. The minimum Gasteiger partial charge on any atom is -0.356 e. The summed E-state index contributed by atoms with van der Waals surface area (Å²) in [5.41, 5.74) is 2.47. The number of amides is 1. The van der Waals surface area contributed by atoms with Crippen LogP contribution in [0, 0.1) is 0 Å². The van der Waals surface area contributed by atoms with E-state index in [0.717, 1.165) is 57.7 Å². The van der Waals surface area contributed by atoms with Gasteiger partial charge in [-0.2, -0.15) is 0 Å². The molecule has 0 aliphatic carbocycles. The van der Waals surface area contributed by atoms with Gasteiger partial charge < -0.3 is 15.5 Å². The fraction of sp³-hybridized carbons (Fsp3) is 0.632. The zero-order valence-corrected chi connectivity index (χ0v) is 14.4. The summed E-state index contributed by atoms with van der Waals surface area (Å²) in [6, 6.07) is 8.49. The Morgan fingerprint density at radius 3 is 2.52 bits per heavy atom. The van der Waals surface area contributed by atoms with Gasteiger partial charge in [0.2, 0.25) is 5.91 Å². The summed E-state index contributed by atoms with van der Waals surface area (Å²) in [6.45, 7) is 8.48. The molecule has 1 aliphatic heterocycles. The van der Waals surface area contributed by atoms with Gasteiger partial charge in [0, 0.05) is 32.7 Å². The predicted octanol–water partition coefficient (Wildman–Crippen LogP) is 1.98. The lowest BCUT2D eigenvalue weighted by atomic mass is 10.0. The van der Waals surface area contributed by atoms with Crippen molar-refractivity contribution < 1.29 is 4.79 Å². The van der Waals surface area contributed by atoms with Crippen LogP contribution in [0.15, 0.2) is 24.3 Å². The second-order valence-corrected chi connectivity index (χ2v) is 6.39. The van der Waals surface area contributed by atoms with Gasteiger partial charge in [0.05, 0.1) is 6.42 Å². The van der Waals surface area contributed by atoms with Gasteiger partial charge in [-0.15, -0.1) is 0 Å². The van der Waals surface area contributed by atoms with Gasteiger partial charge in [-0.05, 0) is 36.9 Å². The van der Waals surface area contributed by atoms with Gasteiger partial charge in [-0.3, -0.25) is 4.79 Å². The number of hydrogen-bond donors (Lipinski definition) is 2. The van der Waals surface area contributed by atoms with Gasteiger partial charge >= 0.3 is 0 Å². The van der Waals surface area contributed by atoms with Crippen LogP contribution in [0.25, 0.3) is 0 Å². The van der Waals surface area contributed by atoms with Crippen LogP contribution in [0.2, 0.25) is 0 Å². The smallest absolute Gasteiger partial charge is 0.224 e. The van der Waals surface area contributed by atoms with E-state index in [1.165, 1.54) is 18.4 Å². The first kappa shape index (κ1) is 18.0. The number of nitrogens with zero attached hydrogens (tertiary/aromatic N) is 1. The number of rotatable bonds is 9. The summed E-state index contributed by atoms with van der Waals surface area (Å²) in [5.74, 6) is 0.131. The normalized spacial score (nSPS) is 15.5. The number of piperazine rings is 1. The SMILES string of the molecule is CCCCc1ccc(CC(=O)NCCCN2CCNCC2)cc1. The topological polar surface area (TPSA) is 44.4 Å². The van der Waals surface area contributed by atoms with Crippen molar-refractivity contribution >= 4 is 5.91 Å². The van der Waals surface area contributed by atoms with Crippen molar-refractivity contribution in [2.75, 3.05) is 39.3 Å². The molecule has 23 heavy (non-hydrogen) atoms. The van der Waals surface area contributed by atoms with Crippen LogP contribution in [0.1, 0.15) is 37.3 Å². The average molecular weight is 317 g/mol. The van der Waals surface area contributed by atoms with Crippen LogP contribution in [0.3, 0.4) is 0 Å². The molecule has 2 N–H and O–H groups in total. The molecular formula is C19H31N3O. The molecular weight excluding hydrogens is 286 g/mol. The minimum absolute atomic E-state index is 0.131. The van der Waals surface area contributed by atoms with Crippen molar-refractivity contribution in [3.05, 3.63) is 35.4 Å². The van der Waals surface area contributed by atoms with Crippen LogP contribution in [-0.4, -0.2) is 50.1 Å². The molecule has 0 spiro atoms. The zero-order valence-electron chi connectivity index (χ0n) is 14.4. The molecule has 1 heterocycles. The Kier molecular flexibility index (Phi) is 8.12. The van der Waals surface area contributed by atoms with Gasteiger partial charge in [0.15, 0.2) is 0 Å². The summed E-state index contributed by atoms with van der Waals surface area (Å²) >= 11 is 0. The molecule has 0 saturated carbocycles. The van der Waals surface area contributed by atoms with Crippen LogP contribution >= 0.6 is 0 Å². The van der Waals surface area contributed by atoms with E-state index >= 15 is 0 Å². The number of nitrogens with one attached hydrogen (secondary N) is 2. The van der Waals surface area contributed by atoms with Crippen molar-refractivity contribution in [1.82, 2.24) is 15.5 Å². The molecule has 1 amide bonds. The molecule has 2 rings (SSSR count). The monoisotopic (exact) mass is 317 g/mol. The second kappa shape index (κ2) is 10.4. The highest BCUT2D eigenvalue weighted by Gasteiger charge is 2.09. The van der Waals surface area contributed by atoms with Crippen LogP contribution in [0.5, 0.6) is 0 Å². The number of hydrogen-bond acceptors (Lipinski definition) is 3. The minimum atomic E-state index is 0.131. The summed E-state index contributed by atoms with van der Waals surface area (Å²) in [5, 5.41) is 6.39. The Hall–Kier alpha value is -1.39. The van der Waals surface area contributed by atoms with E-state index in [9.17, 15) is 4.79 Å². The molecule has 0 unspecified atom stereocenters. The van der Waals surface area contributed by atoms with Crippen molar-refractivity contribution in [3.8, 4) is 0 Å². The molecule has 0 aromatic heterocycles. The van der Waals surface area contributed by atoms with Crippen LogP contribution in [0.4, 0.5) is 0 Å². The van der Waals surface area contributed by atoms with Crippen molar-refractivity contribution in [2.24, 2.45) is 0 Å². The van der Waals surface area contributed by atoms with Crippen molar-refractivity contribution in [2.45, 2.75) is 39.0 Å². The quantitative estimate of drug-likeness (QED) is 0.685. The third-order valence-corrected chi connectivity index (χ3v) is 4.39. The molecule has 1 aromatic rings. The van der Waals surface area contributed by atoms with E-state index in [1.54, 1.807) is 0 Å². The number of benzene rings is 1. The highest BCUT2D eigenvalue weighted by Crippen LogP contribution is 2.08. The average Bonchev–Trinajstić information content (AvgIpc) is 2.59. The predicted molar refractivity (Wildman–Crippen MR) is 95.7 cm³/mol. The largest absolute Gasteiger partial charge is 0.356 e. The molecule has 1 fully saturated rings. The Morgan fingerprint density at radius 2 is 1.83 bits per heavy atom. The third kappa shape index (κ3) is 7.14. The van der Waals surface area contributed by atoms with Gasteiger partial charge in [0.25, 0.3) is 0 Å². The molecule has 4 nitrogen and oxygen atoms in total. The number of carbonyl (C=O) groups excluding carboxylic acids is 1. The Bertz CT molecular complexity index is 452. The molecule has 4 heteroatoms. The first-order valence-electron chi connectivity index (χ1n) is 9.05. The molecule has 1 aromatic carbocycles. The maximum absolute atomic E-state index is 12.0. The molecule has 1 saturated heterocycles. The maximum atomic E-state index is 12.0. The molecule has 0 radical (unpaired) electrons. The van der Waals surface area contributed by atoms with Crippen molar-refractivity contribution in [1.29, 1.82) is 0 Å². The number of carbonyl (C=O) groups is 1. The van der Waals surface area contributed by atoms with E-state index in [-0.39, 0.29) is 5.91 Å². The molecule has 0 atom stereocenters. The first-order valence-corrected chi connectivity index (χ1v) is 9.05. The number of aryl methyl sites for hydroxylation is 1. The maximum Gasteiger partial charge on any atom is 0.224 e.